The normalized spacial score (nSPS) is 26.3. The van der Waals surface area contributed by atoms with Crippen molar-refractivity contribution < 1.29 is 4.84 Å². The van der Waals surface area contributed by atoms with E-state index in [0.717, 1.165) is 6.54 Å². The Kier molecular flexibility index (Phi) is 5.40. The Morgan fingerprint density at radius 2 is 1.69 bits per heavy atom. The maximum atomic E-state index is 5.44. The first-order chi connectivity index (χ1) is 6.38. The highest BCUT2D eigenvalue weighted by atomic mass is 16.8. The van der Waals surface area contributed by atoms with Gasteiger partial charge in [-0.15, -0.1) is 0 Å². The van der Waals surface area contributed by atoms with Gasteiger partial charge >= 0.3 is 0 Å². The Bertz CT molecular complexity index is 113. The quantitative estimate of drug-likeness (QED) is 0.426. The molecule has 2 nitrogen and oxygen atoms in total. The Hall–Kier alpha value is -0.0800. The second kappa shape index (κ2) is 6.39. The molecule has 1 rings (SSSR count). The zero-order valence-corrected chi connectivity index (χ0v) is 9.09. The third kappa shape index (κ3) is 4.63. The molecule has 1 heterocycles. The summed E-state index contributed by atoms with van der Waals surface area (Å²) in [6.45, 7) is 5.62. The van der Waals surface area contributed by atoms with Crippen molar-refractivity contribution in [1.82, 2.24) is 5.06 Å². The summed E-state index contributed by atoms with van der Waals surface area (Å²) >= 11 is 0. The molecule has 0 N–H and O–H groups in total. The molecule has 2 atom stereocenters. The summed E-state index contributed by atoms with van der Waals surface area (Å²) < 4.78 is 0. The van der Waals surface area contributed by atoms with E-state index in [1.165, 1.54) is 44.9 Å². The van der Waals surface area contributed by atoms with Crippen molar-refractivity contribution in [3.05, 3.63) is 0 Å². The van der Waals surface area contributed by atoms with Crippen molar-refractivity contribution in [2.45, 2.75) is 65.0 Å². The van der Waals surface area contributed by atoms with Crippen molar-refractivity contribution in [2.75, 3.05) is 6.54 Å². The van der Waals surface area contributed by atoms with Gasteiger partial charge in [-0.05, 0) is 19.3 Å². The molecule has 1 saturated heterocycles. The van der Waals surface area contributed by atoms with Gasteiger partial charge in [-0.3, -0.25) is 4.84 Å². The molecule has 0 aromatic carbocycles. The Morgan fingerprint density at radius 1 is 1.00 bits per heavy atom. The van der Waals surface area contributed by atoms with Crippen molar-refractivity contribution in [1.29, 1.82) is 0 Å². The standard InChI is InChI=1S/C11H23NO/c1-3-5-7-9-11-12(13-11)10-8-6-4-2/h11H,3-10H2,1-2H3. The zero-order valence-electron chi connectivity index (χ0n) is 9.09. The van der Waals surface area contributed by atoms with Gasteiger partial charge in [-0.25, -0.2) is 0 Å². The third-order valence-electron chi connectivity index (χ3n) is 2.57. The highest BCUT2D eigenvalue weighted by Gasteiger charge is 2.34. The molecule has 0 bridgehead atoms. The third-order valence-corrected chi connectivity index (χ3v) is 2.57. The molecule has 1 aliphatic heterocycles. The SMILES string of the molecule is CCCCCC1ON1CCCCC. The monoisotopic (exact) mass is 185 g/mol. The Labute approximate surface area is 82.2 Å². The number of hydrogen-bond acceptors (Lipinski definition) is 2. The number of nitrogens with zero attached hydrogens (tertiary/aromatic N) is 1. The van der Waals surface area contributed by atoms with Gasteiger partial charge in [0.15, 0.2) is 6.23 Å². The number of unbranched alkanes of at least 4 members (excludes halogenated alkanes) is 4. The molecule has 1 aliphatic rings. The van der Waals surface area contributed by atoms with Crippen LogP contribution in [0.3, 0.4) is 0 Å². The molecule has 2 heteroatoms. The molecule has 78 valence electrons. The minimum absolute atomic E-state index is 0.475. The van der Waals surface area contributed by atoms with Crippen LogP contribution in [-0.2, 0) is 4.84 Å². The lowest BCUT2D eigenvalue weighted by atomic mass is 10.2. The molecule has 0 aliphatic carbocycles. The Morgan fingerprint density at radius 3 is 2.38 bits per heavy atom. The first kappa shape index (κ1) is 11.0. The average molecular weight is 185 g/mol. The van der Waals surface area contributed by atoms with E-state index in [4.69, 9.17) is 4.84 Å². The molecule has 0 aromatic heterocycles. The zero-order chi connectivity index (χ0) is 9.52. The van der Waals surface area contributed by atoms with Gasteiger partial charge in [0.2, 0.25) is 0 Å². The van der Waals surface area contributed by atoms with Gasteiger partial charge < -0.3 is 0 Å². The van der Waals surface area contributed by atoms with Gasteiger partial charge in [-0.2, -0.15) is 5.06 Å². The smallest absolute Gasteiger partial charge is 0.154 e. The largest absolute Gasteiger partial charge is 0.275 e. The maximum absolute atomic E-state index is 5.44. The first-order valence-corrected chi connectivity index (χ1v) is 5.82. The fourth-order valence-electron chi connectivity index (χ4n) is 1.61. The van der Waals surface area contributed by atoms with Crippen LogP contribution in [0.15, 0.2) is 0 Å². The summed E-state index contributed by atoms with van der Waals surface area (Å²) in [5, 5.41) is 2.14. The summed E-state index contributed by atoms with van der Waals surface area (Å²) in [7, 11) is 0. The lowest BCUT2D eigenvalue weighted by Gasteiger charge is -1.97. The molecule has 1 fully saturated rings. The van der Waals surface area contributed by atoms with E-state index in [9.17, 15) is 0 Å². The first-order valence-electron chi connectivity index (χ1n) is 5.82. The van der Waals surface area contributed by atoms with E-state index >= 15 is 0 Å². The minimum atomic E-state index is 0.475. The second-order valence-corrected chi connectivity index (χ2v) is 3.90. The van der Waals surface area contributed by atoms with Crippen LogP contribution >= 0.6 is 0 Å². The number of rotatable bonds is 8. The number of hydrogen-bond donors (Lipinski definition) is 0. The average Bonchev–Trinajstić information content (AvgIpc) is 2.85. The fraction of sp³-hybridized carbons (Fsp3) is 1.00. The van der Waals surface area contributed by atoms with Crippen LogP contribution in [0.4, 0.5) is 0 Å². The van der Waals surface area contributed by atoms with E-state index in [1.54, 1.807) is 0 Å². The van der Waals surface area contributed by atoms with Crippen LogP contribution in [0.1, 0.15) is 58.8 Å². The summed E-state index contributed by atoms with van der Waals surface area (Å²) in [6.07, 6.45) is 9.62. The van der Waals surface area contributed by atoms with Crippen LogP contribution < -0.4 is 0 Å². The molecular weight excluding hydrogens is 162 g/mol. The van der Waals surface area contributed by atoms with Gasteiger partial charge in [0.05, 0.1) is 0 Å². The lowest BCUT2D eigenvalue weighted by molar-refractivity contribution is 0.195. The topological polar surface area (TPSA) is 15.5 Å². The predicted molar refractivity (Wildman–Crippen MR) is 55.2 cm³/mol. The summed E-state index contributed by atoms with van der Waals surface area (Å²) in [6, 6.07) is 0. The fourth-order valence-corrected chi connectivity index (χ4v) is 1.61. The lowest BCUT2D eigenvalue weighted by Crippen LogP contribution is -2.03. The summed E-state index contributed by atoms with van der Waals surface area (Å²) in [5.41, 5.74) is 0. The molecule has 0 spiro atoms. The maximum Gasteiger partial charge on any atom is 0.154 e. The van der Waals surface area contributed by atoms with Gasteiger partial charge in [0.1, 0.15) is 0 Å². The van der Waals surface area contributed by atoms with E-state index in [0.29, 0.717) is 6.23 Å². The van der Waals surface area contributed by atoms with Crippen LogP contribution in [0, 0.1) is 0 Å². The highest BCUT2D eigenvalue weighted by Crippen LogP contribution is 2.25. The van der Waals surface area contributed by atoms with E-state index in [1.807, 2.05) is 0 Å². The minimum Gasteiger partial charge on any atom is -0.275 e. The van der Waals surface area contributed by atoms with Crippen molar-refractivity contribution in [2.24, 2.45) is 0 Å². The van der Waals surface area contributed by atoms with Crippen molar-refractivity contribution in [3.8, 4) is 0 Å². The van der Waals surface area contributed by atoms with Gasteiger partial charge in [0, 0.05) is 6.54 Å². The highest BCUT2D eigenvalue weighted by molar-refractivity contribution is 4.65. The van der Waals surface area contributed by atoms with E-state index < -0.39 is 0 Å². The van der Waals surface area contributed by atoms with Crippen molar-refractivity contribution in [3.63, 3.8) is 0 Å². The van der Waals surface area contributed by atoms with Crippen LogP contribution in [0.25, 0.3) is 0 Å². The second-order valence-electron chi connectivity index (χ2n) is 3.90. The number of hydroxylamine groups is 2. The molecular formula is C11H23NO. The summed E-state index contributed by atoms with van der Waals surface area (Å²) in [5.74, 6) is 0. The Balaban J connectivity index is 1.85. The molecule has 13 heavy (non-hydrogen) atoms. The van der Waals surface area contributed by atoms with Crippen LogP contribution in [-0.4, -0.2) is 17.8 Å². The molecule has 0 radical (unpaired) electrons. The molecule has 0 saturated carbocycles. The molecule has 0 aromatic rings. The van der Waals surface area contributed by atoms with Crippen molar-refractivity contribution >= 4 is 0 Å². The van der Waals surface area contributed by atoms with Crippen LogP contribution in [0.5, 0.6) is 0 Å². The summed E-state index contributed by atoms with van der Waals surface area (Å²) in [4.78, 5) is 5.44. The van der Waals surface area contributed by atoms with E-state index in [-0.39, 0.29) is 0 Å². The van der Waals surface area contributed by atoms with Gasteiger partial charge in [-0.1, -0.05) is 39.5 Å². The molecule has 0 amide bonds. The predicted octanol–water partition coefficient (Wildman–Crippen LogP) is 3.33. The van der Waals surface area contributed by atoms with Crippen LogP contribution in [0.2, 0.25) is 0 Å². The van der Waals surface area contributed by atoms with E-state index in [2.05, 4.69) is 18.9 Å². The van der Waals surface area contributed by atoms with Gasteiger partial charge in [0.25, 0.3) is 0 Å². The molecule has 2 unspecified atom stereocenters.